The van der Waals surface area contributed by atoms with Gasteiger partial charge in [-0.1, -0.05) is 46.3 Å². The Balaban J connectivity index is 1.81. The van der Waals surface area contributed by atoms with E-state index in [4.69, 9.17) is 0 Å². The van der Waals surface area contributed by atoms with Crippen LogP contribution in [0.15, 0.2) is 70.2 Å². The number of para-hydroxylation sites is 1. The van der Waals surface area contributed by atoms with Gasteiger partial charge in [0.15, 0.2) is 0 Å². The Bertz CT molecular complexity index is 794. The maximum atomic E-state index is 4.53. The summed E-state index contributed by atoms with van der Waals surface area (Å²) in [5.41, 5.74) is 5.96. The second-order valence-corrected chi connectivity index (χ2v) is 5.62. The van der Waals surface area contributed by atoms with Gasteiger partial charge in [-0.3, -0.25) is 5.43 Å². The van der Waals surface area contributed by atoms with E-state index in [1.807, 2.05) is 67.6 Å². The monoisotopic (exact) mass is 339 g/mol. The lowest BCUT2D eigenvalue weighted by Gasteiger charge is -2.04. The molecule has 0 amide bonds. The van der Waals surface area contributed by atoms with Crippen LogP contribution in [-0.4, -0.2) is 10.7 Å². The molecule has 0 aliphatic heterocycles. The summed E-state index contributed by atoms with van der Waals surface area (Å²) in [6, 6.07) is 20.1. The molecule has 0 fully saturated rings. The summed E-state index contributed by atoms with van der Waals surface area (Å²) in [5.74, 6) is 0.741. The predicted octanol–water partition coefficient (Wildman–Crippen LogP) is 4.83. The van der Waals surface area contributed by atoms with Crippen molar-refractivity contribution in [2.24, 2.45) is 5.10 Å². The minimum Gasteiger partial charge on any atom is -0.261 e. The minimum absolute atomic E-state index is 0.741. The molecule has 0 aliphatic carbocycles. The summed E-state index contributed by atoms with van der Waals surface area (Å²) in [4.78, 5) is 4.53. The third kappa shape index (κ3) is 3.28. The van der Waals surface area contributed by atoms with Crippen molar-refractivity contribution in [3.63, 3.8) is 0 Å². The second kappa shape index (κ2) is 6.06. The molecule has 104 valence electrons. The van der Waals surface area contributed by atoms with E-state index in [-0.39, 0.29) is 0 Å². The van der Waals surface area contributed by atoms with Crippen LogP contribution < -0.4 is 5.43 Å². The molecule has 3 aromatic rings. The van der Waals surface area contributed by atoms with Crippen LogP contribution >= 0.6 is 15.9 Å². The highest BCUT2D eigenvalue weighted by Gasteiger charge is 1.99. The van der Waals surface area contributed by atoms with Crippen LogP contribution in [0, 0.1) is 0 Å². The van der Waals surface area contributed by atoms with E-state index >= 15 is 0 Å². The van der Waals surface area contributed by atoms with Gasteiger partial charge in [0, 0.05) is 9.86 Å². The molecule has 0 saturated carbocycles. The SMILES string of the molecule is C/C(=N\Nc1ccc2ccccc2n1)c1ccc(Br)cc1. The van der Waals surface area contributed by atoms with Gasteiger partial charge in [-0.2, -0.15) is 5.10 Å². The van der Waals surface area contributed by atoms with Gasteiger partial charge in [0.05, 0.1) is 11.2 Å². The van der Waals surface area contributed by atoms with E-state index in [1.165, 1.54) is 0 Å². The van der Waals surface area contributed by atoms with Crippen molar-refractivity contribution in [1.82, 2.24) is 4.98 Å². The summed E-state index contributed by atoms with van der Waals surface area (Å²) < 4.78 is 1.06. The zero-order valence-electron chi connectivity index (χ0n) is 11.5. The van der Waals surface area contributed by atoms with Crippen molar-refractivity contribution in [3.05, 3.63) is 70.7 Å². The molecule has 1 N–H and O–H groups in total. The molecular formula is C17H14BrN3. The van der Waals surface area contributed by atoms with Crippen molar-refractivity contribution in [2.45, 2.75) is 6.92 Å². The molecule has 1 heterocycles. The molecule has 2 aromatic carbocycles. The molecule has 3 rings (SSSR count). The number of pyridine rings is 1. The summed E-state index contributed by atoms with van der Waals surface area (Å²) in [6.07, 6.45) is 0. The van der Waals surface area contributed by atoms with Crippen LogP contribution in [0.4, 0.5) is 5.82 Å². The van der Waals surface area contributed by atoms with Crippen LogP contribution in [0.25, 0.3) is 10.9 Å². The number of aromatic nitrogens is 1. The fourth-order valence-corrected chi connectivity index (χ4v) is 2.29. The fourth-order valence-electron chi connectivity index (χ4n) is 2.03. The summed E-state index contributed by atoms with van der Waals surface area (Å²) >= 11 is 3.43. The lowest BCUT2D eigenvalue weighted by molar-refractivity contribution is 1.25. The molecule has 0 spiro atoms. The van der Waals surface area contributed by atoms with E-state index in [0.29, 0.717) is 0 Å². The zero-order valence-corrected chi connectivity index (χ0v) is 13.1. The number of hydrogen-bond donors (Lipinski definition) is 1. The minimum atomic E-state index is 0.741. The quantitative estimate of drug-likeness (QED) is 0.548. The Kier molecular flexibility index (Phi) is 3.97. The van der Waals surface area contributed by atoms with Crippen molar-refractivity contribution in [3.8, 4) is 0 Å². The highest BCUT2D eigenvalue weighted by Crippen LogP contribution is 2.15. The molecule has 0 radical (unpaired) electrons. The molecule has 0 saturated heterocycles. The molecule has 1 aromatic heterocycles. The number of hydrazone groups is 1. The normalized spacial score (nSPS) is 11.6. The molecule has 0 atom stereocenters. The van der Waals surface area contributed by atoms with Crippen molar-refractivity contribution in [2.75, 3.05) is 5.43 Å². The molecule has 3 nitrogen and oxygen atoms in total. The Labute approximate surface area is 131 Å². The first-order valence-electron chi connectivity index (χ1n) is 6.64. The van der Waals surface area contributed by atoms with Crippen LogP contribution in [0.1, 0.15) is 12.5 Å². The number of anilines is 1. The topological polar surface area (TPSA) is 37.3 Å². The summed E-state index contributed by atoms with van der Waals surface area (Å²) in [7, 11) is 0. The predicted molar refractivity (Wildman–Crippen MR) is 91.7 cm³/mol. The molecule has 4 heteroatoms. The van der Waals surface area contributed by atoms with Crippen LogP contribution in [0.2, 0.25) is 0 Å². The van der Waals surface area contributed by atoms with Gasteiger partial charge in [0.1, 0.15) is 5.82 Å². The third-order valence-corrected chi connectivity index (χ3v) is 3.73. The molecule has 0 bridgehead atoms. The lowest BCUT2D eigenvalue weighted by Crippen LogP contribution is -2.00. The van der Waals surface area contributed by atoms with Gasteiger partial charge in [0.2, 0.25) is 0 Å². The Morgan fingerprint density at radius 2 is 1.76 bits per heavy atom. The van der Waals surface area contributed by atoms with E-state index < -0.39 is 0 Å². The van der Waals surface area contributed by atoms with Crippen molar-refractivity contribution in [1.29, 1.82) is 0 Å². The number of fused-ring (bicyclic) bond motifs is 1. The van der Waals surface area contributed by atoms with Gasteiger partial charge in [-0.05, 0) is 42.8 Å². The highest BCUT2D eigenvalue weighted by atomic mass is 79.9. The largest absolute Gasteiger partial charge is 0.261 e. The van der Waals surface area contributed by atoms with E-state index in [9.17, 15) is 0 Å². The maximum absolute atomic E-state index is 4.53. The molecular weight excluding hydrogens is 326 g/mol. The average Bonchev–Trinajstić information content (AvgIpc) is 2.53. The number of benzene rings is 2. The first kappa shape index (κ1) is 13.8. The van der Waals surface area contributed by atoms with Gasteiger partial charge >= 0.3 is 0 Å². The molecule has 21 heavy (non-hydrogen) atoms. The van der Waals surface area contributed by atoms with Gasteiger partial charge in [-0.25, -0.2) is 4.98 Å². The van der Waals surface area contributed by atoms with Gasteiger partial charge in [-0.15, -0.1) is 0 Å². The van der Waals surface area contributed by atoms with E-state index in [1.54, 1.807) is 0 Å². The summed E-state index contributed by atoms with van der Waals surface area (Å²) in [5, 5.41) is 5.51. The number of nitrogens with zero attached hydrogens (tertiary/aromatic N) is 2. The van der Waals surface area contributed by atoms with Gasteiger partial charge < -0.3 is 0 Å². The number of halogens is 1. The first-order chi connectivity index (χ1) is 10.2. The third-order valence-electron chi connectivity index (χ3n) is 3.20. The fraction of sp³-hybridized carbons (Fsp3) is 0.0588. The van der Waals surface area contributed by atoms with Gasteiger partial charge in [0.25, 0.3) is 0 Å². The van der Waals surface area contributed by atoms with Crippen LogP contribution in [-0.2, 0) is 0 Å². The number of rotatable bonds is 3. The lowest BCUT2D eigenvalue weighted by atomic mass is 10.1. The van der Waals surface area contributed by atoms with E-state index in [0.717, 1.165) is 32.5 Å². The van der Waals surface area contributed by atoms with Crippen molar-refractivity contribution >= 4 is 38.4 Å². The Hall–Kier alpha value is -2.20. The van der Waals surface area contributed by atoms with Crippen LogP contribution in [0.5, 0.6) is 0 Å². The Morgan fingerprint density at radius 1 is 1.00 bits per heavy atom. The van der Waals surface area contributed by atoms with Crippen molar-refractivity contribution < 1.29 is 0 Å². The van der Waals surface area contributed by atoms with E-state index in [2.05, 4.69) is 31.4 Å². The average molecular weight is 340 g/mol. The second-order valence-electron chi connectivity index (χ2n) is 4.71. The van der Waals surface area contributed by atoms with Crippen LogP contribution in [0.3, 0.4) is 0 Å². The number of nitrogens with one attached hydrogen (secondary N) is 1. The highest BCUT2D eigenvalue weighted by molar-refractivity contribution is 9.10. The molecule has 0 aliphatic rings. The molecule has 0 unspecified atom stereocenters. The maximum Gasteiger partial charge on any atom is 0.146 e. The summed E-state index contributed by atoms with van der Waals surface area (Å²) in [6.45, 7) is 1.97. The standard InChI is InChI=1S/C17H14BrN3/c1-12(13-6-9-15(18)10-7-13)20-21-17-11-8-14-4-2-3-5-16(14)19-17/h2-11H,1H3,(H,19,21)/b20-12+. The smallest absolute Gasteiger partial charge is 0.146 e. The first-order valence-corrected chi connectivity index (χ1v) is 7.44. The zero-order chi connectivity index (χ0) is 14.7. The Morgan fingerprint density at radius 3 is 2.57 bits per heavy atom. The number of hydrogen-bond acceptors (Lipinski definition) is 3.